The van der Waals surface area contributed by atoms with E-state index >= 15 is 0 Å². The summed E-state index contributed by atoms with van der Waals surface area (Å²) in [7, 11) is 0. The summed E-state index contributed by atoms with van der Waals surface area (Å²) in [4.78, 5) is 7.65. The highest BCUT2D eigenvalue weighted by molar-refractivity contribution is 5.46. The summed E-state index contributed by atoms with van der Waals surface area (Å²) < 4.78 is 14.0. The van der Waals surface area contributed by atoms with Crippen molar-refractivity contribution in [1.29, 1.82) is 0 Å². The standard InChI is InChI=1S/C28H32FN3/c29-26-11-7-10-24(18-26)28-22-31(19-23-8-3-1-4-9-23)21-25(28)20-30-14-16-32(17-15-30)27-12-5-2-6-13-27/h1-13,18,25,28H,14-17,19-22H2. The molecule has 2 aliphatic heterocycles. The Morgan fingerprint density at radius 2 is 1.44 bits per heavy atom. The number of hydrogen-bond donors (Lipinski definition) is 0. The molecule has 0 bridgehead atoms. The third-order valence-corrected chi connectivity index (χ3v) is 7.03. The number of hydrogen-bond acceptors (Lipinski definition) is 3. The van der Waals surface area contributed by atoms with Crippen molar-refractivity contribution in [1.82, 2.24) is 9.80 Å². The van der Waals surface area contributed by atoms with Gasteiger partial charge in [-0.05, 0) is 41.3 Å². The van der Waals surface area contributed by atoms with Crippen molar-refractivity contribution in [3.05, 3.63) is 102 Å². The number of rotatable bonds is 6. The molecule has 0 amide bonds. The molecule has 2 heterocycles. The average Bonchev–Trinajstić information content (AvgIpc) is 3.23. The predicted octanol–water partition coefficient (Wildman–Crippen LogP) is 4.86. The van der Waals surface area contributed by atoms with Crippen molar-refractivity contribution in [3.63, 3.8) is 0 Å². The first-order chi connectivity index (χ1) is 15.7. The van der Waals surface area contributed by atoms with E-state index in [4.69, 9.17) is 0 Å². The highest BCUT2D eigenvalue weighted by Gasteiger charge is 2.35. The molecule has 0 aliphatic carbocycles. The zero-order valence-corrected chi connectivity index (χ0v) is 18.6. The Morgan fingerprint density at radius 1 is 0.719 bits per heavy atom. The van der Waals surface area contributed by atoms with Gasteiger partial charge >= 0.3 is 0 Å². The van der Waals surface area contributed by atoms with Crippen LogP contribution in [0.1, 0.15) is 17.0 Å². The molecule has 5 rings (SSSR count). The monoisotopic (exact) mass is 429 g/mol. The molecule has 0 aromatic heterocycles. The second-order valence-corrected chi connectivity index (χ2v) is 9.22. The lowest BCUT2D eigenvalue weighted by Crippen LogP contribution is -2.48. The van der Waals surface area contributed by atoms with Crippen molar-refractivity contribution in [2.45, 2.75) is 12.5 Å². The lowest BCUT2D eigenvalue weighted by molar-refractivity contribution is 0.209. The number of benzene rings is 3. The first-order valence-electron chi connectivity index (χ1n) is 11.8. The van der Waals surface area contributed by atoms with Crippen molar-refractivity contribution in [2.75, 3.05) is 50.7 Å². The van der Waals surface area contributed by atoms with Crippen LogP contribution in [0.25, 0.3) is 0 Å². The molecule has 2 unspecified atom stereocenters. The molecule has 3 aromatic rings. The van der Waals surface area contributed by atoms with E-state index in [1.165, 1.54) is 11.3 Å². The minimum absolute atomic E-state index is 0.126. The van der Waals surface area contributed by atoms with Crippen molar-refractivity contribution in [3.8, 4) is 0 Å². The summed E-state index contributed by atoms with van der Waals surface area (Å²) >= 11 is 0. The number of piperazine rings is 1. The van der Waals surface area contributed by atoms with Gasteiger partial charge in [-0.15, -0.1) is 0 Å². The molecule has 0 radical (unpaired) electrons. The zero-order valence-electron chi connectivity index (χ0n) is 18.6. The molecule has 4 heteroatoms. The van der Waals surface area contributed by atoms with Gasteiger partial charge in [0.1, 0.15) is 5.82 Å². The van der Waals surface area contributed by atoms with Gasteiger partial charge in [-0.3, -0.25) is 9.80 Å². The SMILES string of the molecule is Fc1cccc(C2CN(Cc3ccccc3)CC2CN2CCN(c3ccccc3)CC2)c1. The second-order valence-electron chi connectivity index (χ2n) is 9.22. The maximum atomic E-state index is 14.0. The molecule has 3 nitrogen and oxygen atoms in total. The maximum Gasteiger partial charge on any atom is 0.123 e. The van der Waals surface area contributed by atoms with Crippen molar-refractivity contribution < 1.29 is 4.39 Å². The van der Waals surface area contributed by atoms with Gasteiger partial charge in [0.25, 0.3) is 0 Å². The Balaban J connectivity index is 1.26. The molecule has 0 spiro atoms. The molecule has 2 aliphatic rings. The van der Waals surface area contributed by atoms with Crippen LogP contribution in [0.15, 0.2) is 84.9 Å². The van der Waals surface area contributed by atoms with Gasteiger partial charge in [-0.1, -0.05) is 60.7 Å². The summed E-state index contributed by atoms with van der Waals surface area (Å²) in [5, 5.41) is 0. The first kappa shape index (κ1) is 21.2. The Bertz CT molecular complexity index is 986. The summed E-state index contributed by atoms with van der Waals surface area (Å²) in [5.74, 6) is 0.768. The average molecular weight is 430 g/mol. The Kier molecular flexibility index (Phi) is 6.51. The minimum atomic E-state index is -0.126. The summed E-state index contributed by atoms with van der Waals surface area (Å²) in [6.45, 7) is 8.39. The zero-order chi connectivity index (χ0) is 21.8. The lowest BCUT2D eigenvalue weighted by Gasteiger charge is -2.38. The molecule has 3 aromatic carbocycles. The molecule has 2 atom stereocenters. The molecule has 2 fully saturated rings. The van der Waals surface area contributed by atoms with Crippen LogP contribution in [0.4, 0.5) is 10.1 Å². The molecular formula is C28H32FN3. The molecule has 2 saturated heterocycles. The number of anilines is 1. The molecule has 32 heavy (non-hydrogen) atoms. The van der Waals surface area contributed by atoms with Crippen LogP contribution in [0.3, 0.4) is 0 Å². The van der Waals surface area contributed by atoms with E-state index in [2.05, 4.69) is 81.4 Å². The van der Waals surface area contributed by atoms with Crippen molar-refractivity contribution >= 4 is 5.69 Å². The van der Waals surface area contributed by atoms with Gasteiger partial charge < -0.3 is 4.90 Å². The minimum Gasteiger partial charge on any atom is -0.369 e. The fourth-order valence-corrected chi connectivity index (χ4v) is 5.39. The van der Waals surface area contributed by atoms with E-state index < -0.39 is 0 Å². The third kappa shape index (κ3) is 5.03. The van der Waals surface area contributed by atoms with E-state index in [9.17, 15) is 4.39 Å². The number of halogens is 1. The number of para-hydroxylation sites is 1. The molecule has 166 valence electrons. The summed E-state index contributed by atoms with van der Waals surface area (Å²) in [5.41, 5.74) is 3.82. The number of likely N-dealkylation sites (tertiary alicyclic amines) is 1. The normalized spacial score (nSPS) is 22.3. The van der Waals surface area contributed by atoms with Gasteiger partial charge in [-0.25, -0.2) is 4.39 Å². The van der Waals surface area contributed by atoms with Crippen LogP contribution >= 0.6 is 0 Å². The van der Waals surface area contributed by atoms with Gasteiger partial charge in [-0.2, -0.15) is 0 Å². The van der Waals surface area contributed by atoms with Crippen LogP contribution in [0.2, 0.25) is 0 Å². The van der Waals surface area contributed by atoms with Crippen LogP contribution in [0, 0.1) is 11.7 Å². The first-order valence-corrected chi connectivity index (χ1v) is 11.8. The van der Waals surface area contributed by atoms with Crippen LogP contribution < -0.4 is 4.90 Å². The smallest absolute Gasteiger partial charge is 0.123 e. The lowest BCUT2D eigenvalue weighted by atomic mass is 9.88. The molecule has 0 N–H and O–H groups in total. The van der Waals surface area contributed by atoms with Crippen LogP contribution in [-0.4, -0.2) is 55.6 Å². The Hall–Kier alpha value is -2.69. The topological polar surface area (TPSA) is 9.72 Å². The van der Waals surface area contributed by atoms with E-state index in [-0.39, 0.29) is 5.82 Å². The Labute approximate surface area is 191 Å². The van der Waals surface area contributed by atoms with E-state index in [1.807, 2.05) is 6.07 Å². The fraction of sp³-hybridized carbons (Fsp3) is 0.357. The van der Waals surface area contributed by atoms with Gasteiger partial charge in [0.15, 0.2) is 0 Å². The van der Waals surface area contributed by atoms with Gasteiger partial charge in [0.2, 0.25) is 0 Å². The molecular weight excluding hydrogens is 397 g/mol. The maximum absolute atomic E-state index is 14.0. The van der Waals surface area contributed by atoms with E-state index in [0.717, 1.165) is 57.9 Å². The summed E-state index contributed by atoms with van der Waals surface area (Å²) in [6.07, 6.45) is 0. The highest BCUT2D eigenvalue weighted by atomic mass is 19.1. The third-order valence-electron chi connectivity index (χ3n) is 7.03. The molecule has 0 saturated carbocycles. The van der Waals surface area contributed by atoms with Crippen LogP contribution in [0.5, 0.6) is 0 Å². The number of nitrogens with zero attached hydrogens (tertiary/aromatic N) is 3. The van der Waals surface area contributed by atoms with Gasteiger partial charge in [0.05, 0.1) is 0 Å². The van der Waals surface area contributed by atoms with Gasteiger partial charge in [0, 0.05) is 64.0 Å². The predicted molar refractivity (Wildman–Crippen MR) is 129 cm³/mol. The summed E-state index contributed by atoms with van der Waals surface area (Å²) in [6, 6.07) is 28.7. The van der Waals surface area contributed by atoms with E-state index in [0.29, 0.717) is 11.8 Å². The fourth-order valence-electron chi connectivity index (χ4n) is 5.39. The largest absolute Gasteiger partial charge is 0.369 e. The van der Waals surface area contributed by atoms with E-state index in [1.54, 1.807) is 12.1 Å². The second kappa shape index (κ2) is 9.85. The van der Waals surface area contributed by atoms with Crippen molar-refractivity contribution in [2.24, 2.45) is 5.92 Å². The highest BCUT2D eigenvalue weighted by Crippen LogP contribution is 2.34. The van der Waals surface area contributed by atoms with Crippen LogP contribution in [-0.2, 0) is 6.54 Å². The Morgan fingerprint density at radius 3 is 2.16 bits per heavy atom. The quantitative estimate of drug-likeness (QED) is 0.554.